The maximum atomic E-state index is 6.19. The molecule has 0 spiro atoms. The lowest BCUT2D eigenvalue weighted by atomic mass is 10.0. The summed E-state index contributed by atoms with van der Waals surface area (Å²) in [6, 6.07) is 0. The van der Waals surface area contributed by atoms with Gasteiger partial charge in [-0.2, -0.15) is 0 Å². The maximum Gasteiger partial charge on any atom is 0.147 e. The molecule has 0 aliphatic heterocycles. The van der Waals surface area contributed by atoms with Gasteiger partial charge in [0, 0.05) is 10.8 Å². The molecule has 0 N–H and O–H groups in total. The third kappa shape index (κ3) is 6.16. The van der Waals surface area contributed by atoms with Gasteiger partial charge in [-0.25, -0.2) is 0 Å². The van der Waals surface area contributed by atoms with Gasteiger partial charge in [0.15, 0.2) is 0 Å². The summed E-state index contributed by atoms with van der Waals surface area (Å²) in [5.41, 5.74) is 0. The first-order chi connectivity index (χ1) is 12.7. The molecule has 2 rings (SSSR count). The third-order valence-corrected chi connectivity index (χ3v) is 7.33. The molecule has 0 bridgehead atoms. The van der Waals surface area contributed by atoms with Crippen molar-refractivity contribution in [2.75, 3.05) is 13.2 Å². The average Bonchev–Trinajstić information content (AvgIpc) is 3.25. The van der Waals surface area contributed by atoms with E-state index in [0.29, 0.717) is 11.8 Å². The van der Waals surface area contributed by atoms with Crippen LogP contribution in [0.2, 0.25) is 0 Å². The van der Waals surface area contributed by atoms with Crippen LogP contribution >= 0.6 is 22.7 Å². The summed E-state index contributed by atoms with van der Waals surface area (Å²) in [5.74, 6) is 3.45. The van der Waals surface area contributed by atoms with Gasteiger partial charge in [-0.3, -0.25) is 0 Å². The van der Waals surface area contributed by atoms with Crippen LogP contribution in [0.3, 0.4) is 0 Å². The second-order valence-corrected chi connectivity index (χ2v) is 9.07. The Morgan fingerprint density at radius 3 is 1.50 bits per heavy atom. The molecule has 0 aromatic carbocycles. The van der Waals surface area contributed by atoms with E-state index in [1.54, 1.807) is 22.7 Å². The zero-order valence-electron chi connectivity index (χ0n) is 17.0. The van der Waals surface area contributed by atoms with Crippen LogP contribution in [0.1, 0.15) is 79.1 Å². The third-order valence-electron chi connectivity index (χ3n) is 5.26. The number of fused-ring (bicyclic) bond motifs is 1. The molecule has 0 aliphatic rings. The van der Waals surface area contributed by atoms with Crippen LogP contribution in [0.25, 0.3) is 9.40 Å². The predicted molar refractivity (Wildman–Crippen MR) is 117 cm³/mol. The molecule has 2 heterocycles. The summed E-state index contributed by atoms with van der Waals surface area (Å²) in [7, 11) is 0. The lowest BCUT2D eigenvalue weighted by Gasteiger charge is -2.15. The monoisotopic (exact) mass is 396 g/mol. The highest BCUT2D eigenvalue weighted by molar-refractivity contribution is 7.27. The van der Waals surface area contributed by atoms with E-state index in [9.17, 15) is 0 Å². The molecule has 2 nitrogen and oxygen atoms in total. The molecule has 2 atom stereocenters. The molecular formula is C22H36O2S2. The number of ether oxygens (including phenoxy) is 2. The highest BCUT2D eigenvalue weighted by Crippen LogP contribution is 2.43. The summed E-state index contributed by atoms with van der Waals surface area (Å²) in [6.07, 6.45) is 10.1. The van der Waals surface area contributed by atoms with Crippen molar-refractivity contribution in [1.29, 1.82) is 0 Å². The van der Waals surface area contributed by atoms with Gasteiger partial charge >= 0.3 is 0 Å². The second-order valence-electron chi connectivity index (χ2n) is 7.31. The zero-order chi connectivity index (χ0) is 18.8. The highest BCUT2D eigenvalue weighted by atomic mass is 32.1. The molecule has 2 aromatic heterocycles. The number of hydrogen-bond donors (Lipinski definition) is 0. The summed E-state index contributed by atoms with van der Waals surface area (Å²) in [6.45, 7) is 10.7. The van der Waals surface area contributed by atoms with Crippen LogP contribution < -0.4 is 9.47 Å². The van der Waals surface area contributed by atoms with Crippen molar-refractivity contribution in [2.45, 2.75) is 79.1 Å². The molecule has 0 saturated carbocycles. The lowest BCUT2D eigenvalue weighted by molar-refractivity contribution is 0.235. The van der Waals surface area contributed by atoms with Crippen molar-refractivity contribution in [2.24, 2.45) is 11.8 Å². The topological polar surface area (TPSA) is 18.5 Å². The summed E-state index contributed by atoms with van der Waals surface area (Å²) in [5, 5.41) is 4.32. The standard InChI is InChI=1S/C22H36O2S2/c1-5-9-11-17(7-3)13-23-19-15-25-22-20(16-26-21(19)22)24-14-18(8-4)12-10-6-2/h15-18H,5-14H2,1-4H3. The van der Waals surface area contributed by atoms with Gasteiger partial charge in [0.1, 0.15) is 11.5 Å². The Labute approximate surface area is 167 Å². The Bertz CT molecular complexity index is 563. The number of unbranched alkanes of at least 4 members (excludes halogenated alkanes) is 2. The fourth-order valence-corrected chi connectivity index (χ4v) is 5.33. The minimum atomic E-state index is 0.671. The Hall–Kier alpha value is -0.740. The quantitative estimate of drug-likeness (QED) is 0.321. The van der Waals surface area contributed by atoms with Gasteiger partial charge in [0.25, 0.3) is 0 Å². The molecule has 2 aromatic rings. The van der Waals surface area contributed by atoms with Crippen LogP contribution in [-0.4, -0.2) is 13.2 Å². The minimum absolute atomic E-state index is 0.671. The van der Waals surface area contributed by atoms with Crippen LogP contribution in [0, 0.1) is 11.8 Å². The lowest BCUT2D eigenvalue weighted by Crippen LogP contribution is -2.11. The highest BCUT2D eigenvalue weighted by Gasteiger charge is 2.16. The minimum Gasteiger partial charge on any atom is -0.491 e. The van der Waals surface area contributed by atoms with E-state index in [-0.39, 0.29) is 0 Å². The first-order valence-electron chi connectivity index (χ1n) is 10.5. The molecule has 0 saturated heterocycles. The fourth-order valence-electron chi connectivity index (χ4n) is 3.19. The van der Waals surface area contributed by atoms with E-state index in [0.717, 1.165) is 24.7 Å². The summed E-state index contributed by atoms with van der Waals surface area (Å²) in [4.78, 5) is 0. The van der Waals surface area contributed by atoms with Gasteiger partial charge in [-0.1, -0.05) is 66.2 Å². The van der Waals surface area contributed by atoms with E-state index in [2.05, 4.69) is 38.5 Å². The SMILES string of the molecule is CCCCC(CC)COc1csc2c(OCC(CC)CCCC)csc12. The van der Waals surface area contributed by atoms with Crippen molar-refractivity contribution < 1.29 is 9.47 Å². The normalized spacial score (nSPS) is 13.8. The van der Waals surface area contributed by atoms with Gasteiger partial charge in [0.2, 0.25) is 0 Å². The Morgan fingerprint density at radius 1 is 0.731 bits per heavy atom. The van der Waals surface area contributed by atoms with Gasteiger partial charge < -0.3 is 9.47 Å². The summed E-state index contributed by atoms with van der Waals surface area (Å²) >= 11 is 3.52. The molecular weight excluding hydrogens is 360 g/mol. The van der Waals surface area contributed by atoms with E-state index in [1.165, 1.54) is 60.8 Å². The molecule has 26 heavy (non-hydrogen) atoms. The Morgan fingerprint density at radius 2 is 1.15 bits per heavy atom. The van der Waals surface area contributed by atoms with E-state index in [4.69, 9.17) is 9.47 Å². The Kier molecular flexibility index (Phi) is 9.84. The van der Waals surface area contributed by atoms with Crippen LogP contribution in [0.15, 0.2) is 10.8 Å². The number of thiophene rings is 2. The van der Waals surface area contributed by atoms with Crippen molar-refractivity contribution in [3.8, 4) is 11.5 Å². The smallest absolute Gasteiger partial charge is 0.147 e. The van der Waals surface area contributed by atoms with Crippen LogP contribution in [0.4, 0.5) is 0 Å². The van der Waals surface area contributed by atoms with Gasteiger partial charge in [-0.15, -0.1) is 22.7 Å². The van der Waals surface area contributed by atoms with Gasteiger partial charge in [0.05, 0.1) is 22.6 Å². The van der Waals surface area contributed by atoms with E-state index in [1.807, 2.05) is 0 Å². The molecule has 0 fully saturated rings. The number of hydrogen-bond acceptors (Lipinski definition) is 4. The van der Waals surface area contributed by atoms with Crippen molar-refractivity contribution >= 4 is 32.1 Å². The second kappa shape index (κ2) is 11.9. The molecule has 0 radical (unpaired) electrons. The molecule has 4 heteroatoms. The molecule has 0 aliphatic carbocycles. The van der Waals surface area contributed by atoms with Gasteiger partial charge in [-0.05, 0) is 24.7 Å². The first kappa shape index (κ1) is 21.6. The van der Waals surface area contributed by atoms with E-state index >= 15 is 0 Å². The molecule has 148 valence electrons. The average molecular weight is 397 g/mol. The molecule has 2 unspecified atom stereocenters. The maximum absolute atomic E-state index is 6.19. The fraction of sp³-hybridized carbons (Fsp3) is 0.727. The predicted octanol–water partition coefficient (Wildman–Crippen LogP) is 8.15. The zero-order valence-corrected chi connectivity index (χ0v) is 18.6. The van der Waals surface area contributed by atoms with Crippen molar-refractivity contribution in [3.05, 3.63) is 10.8 Å². The van der Waals surface area contributed by atoms with Crippen LogP contribution in [0.5, 0.6) is 11.5 Å². The molecule has 0 amide bonds. The Balaban J connectivity index is 1.92. The van der Waals surface area contributed by atoms with Crippen molar-refractivity contribution in [1.82, 2.24) is 0 Å². The number of rotatable bonds is 14. The van der Waals surface area contributed by atoms with Crippen LogP contribution in [-0.2, 0) is 0 Å². The largest absolute Gasteiger partial charge is 0.491 e. The summed E-state index contributed by atoms with van der Waals surface area (Å²) < 4.78 is 14.9. The first-order valence-corrected chi connectivity index (χ1v) is 12.2. The van der Waals surface area contributed by atoms with E-state index < -0.39 is 0 Å². The van der Waals surface area contributed by atoms with Crippen molar-refractivity contribution in [3.63, 3.8) is 0 Å².